The van der Waals surface area contributed by atoms with Gasteiger partial charge in [0.25, 0.3) is 5.91 Å². The molecule has 0 spiro atoms. The van der Waals surface area contributed by atoms with Crippen LogP contribution < -0.4 is 21.1 Å². The van der Waals surface area contributed by atoms with Crippen LogP contribution in [0.1, 0.15) is 41.2 Å². The van der Waals surface area contributed by atoms with Gasteiger partial charge in [0.2, 0.25) is 5.91 Å². The third-order valence-corrected chi connectivity index (χ3v) is 5.13. The number of hydrogen-bond acceptors (Lipinski definition) is 6. The molecule has 3 rings (SSSR count). The third-order valence-electron chi connectivity index (χ3n) is 4.69. The summed E-state index contributed by atoms with van der Waals surface area (Å²) in [6.45, 7) is 0.443. The standard InChI is InChI=1S/C22H22Cl2N4O4/c23-15-7-14(8-16(24)10-15)18(11-21(30)31)28-20(29)12-26-22(32)13-3-1-4-17(9-13)27-19-5-2-6-25-19/h1,3-4,7-10,18H,2,5-6,11-12H2,(H,25,27)(H,26,32)(H,28,29)(H,30,31)/p-1. The van der Waals surface area contributed by atoms with Crippen molar-refractivity contribution in [3.8, 4) is 0 Å². The molecule has 0 aromatic heterocycles. The predicted octanol–water partition coefficient (Wildman–Crippen LogP) is 2.32. The summed E-state index contributed by atoms with van der Waals surface area (Å²) in [5, 5.41) is 20.0. The highest BCUT2D eigenvalue weighted by Crippen LogP contribution is 2.25. The molecule has 2 aromatic carbocycles. The molecule has 8 nitrogen and oxygen atoms in total. The van der Waals surface area contributed by atoms with Crippen LogP contribution in [0.2, 0.25) is 10.0 Å². The second kappa shape index (κ2) is 11.0. The Balaban J connectivity index is 1.59. The van der Waals surface area contributed by atoms with Crippen molar-refractivity contribution in [2.24, 2.45) is 4.99 Å². The average molecular weight is 476 g/mol. The smallest absolute Gasteiger partial charge is 0.251 e. The lowest BCUT2D eigenvalue weighted by molar-refractivity contribution is -0.306. The second-order valence-corrected chi connectivity index (χ2v) is 8.09. The Kier molecular flexibility index (Phi) is 8.08. The van der Waals surface area contributed by atoms with Gasteiger partial charge in [-0.25, -0.2) is 0 Å². The van der Waals surface area contributed by atoms with Gasteiger partial charge in [0.1, 0.15) is 5.84 Å². The van der Waals surface area contributed by atoms with Crippen LogP contribution in [0.4, 0.5) is 5.69 Å². The number of halogens is 2. The number of aliphatic carboxylic acids is 1. The minimum atomic E-state index is -1.35. The summed E-state index contributed by atoms with van der Waals surface area (Å²) in [5.74, 6) is -1.50. The van der Waals surface area contributed by atoms with E-state index in [1.807, 2.05) is 6.07 Å². The minimum Gasteiger partial charge on any atom is -0.550 e. The largest absolute Gasteiger partial charge is 0.550 e. The van der Waals surface area contributed by atoms with Gasteiger partial charge in [-0.05, 0) is 48.4 Å². The Labute approximate surface area is 195 Å². The summed E-state index contributed by atoms with van der Waals surface area (Å²) in [7, 11) is 0. The molecule has 1 atom stereocenters. The van der Waals surface area contributed by atoms with Crippen molar-refractivity contribution in [1.82, 2.24) is 10.6 Å². The first kappa shape index (κ1) is 23.6. The maximum absolute atomic E-state index is 12.5. The van der Waals surface area contributed by atoms with Crippen molar-refractivity contribution in [2.45, 2.75) is 25.3 Å². The van der Waals surface area contributed by atoms with Crippen LogP contribution >= 0.6 is 23.2 Å². The van der Waals surface area contributed by atoms with Gasteiger partial charge in [0.05, 0.1) is 12.6 Å². The summed E-state index contributed by atoms with van der Waals surface area (Å²) in [4.78, 5) is 40.3. The molecule has 0 bridgehead atoms. The molecule has 2 aromatic rings. The minimum absolute atomic E-state index is 0.301. The second-order valence-electron chi connectivity index (χ2n) is 7.22. The summed E-state index contributed by atoms with van der Waals surface area (Å²) >= 11 is 11.9. The van der Waals surface area contributed by atoms with E-state index in [0.29, 0.717) is 21.2 Å². The lowest BCUT2D eigenvalue weighted by atomic mass is 10.0. The molecule has 1 aliphatic heterocycles. The van der Waals surface area contributed by atoms with Crippen LogP contribution in [0.5, 0.6) is 0 Å². The monoisotopic (exact) mass is 475 g/mol. The molecule has 1 heterocycles. The van der Waals surface area contributed by atoms with E-state index in [1.54, 1.807) is 18.2 Å². The van der Waals surface area contributed by atoms with E-state index in [2.05, 4.69) is 20.9 Å². The van der Waals surface area contributed by atoms with Crippen LogP contribution in [0.15, 0.2) is 47.5 Å². The maximum Gasteiger partial charge on any atom is 0.251 e. The molecule has 0 radical (unpaired) electrons. The van der Waals surface area contributed by atoms with Gasteiger partial charge < -0.3 is 25.9 Å². The number of amides is 2. The Morgan fingerprint density at radius 1 is 1.09 bits per heavy atom. The van der Waals surface area contributed by atoms with Crippen LogP contribution in [-0.2, 0) is 9.59 Å². The number of anilines is 1. The zero-order valence-electron chi connectivity index (χ0n) is 17.0. The van der Waals surface area contributed by atoms with E-state index in [1.165, 1.54) is 18.2 Å². The first-order valence-electron chi connectivity index (χ1n) is 9.94. The number of amidine groups is 1. The number of aliphatic imine (C=N–C) groups is 1. The van der Waals surface area contributed by atoms with Crippen molar-refractivity contribution in [1.29, 1.82) is 0 Å². The van der Waals surface area contributed by atoms with Crippen LogP contribution in [0.25, 0.3) is 0 Å². The van der Waals surface area contributed by atoms with Crippen molar-refractivity contribution < 1.29 is 19.5 Å². The fourth-order valence-corrected chi connectivity index (χ4v) is 3.79. The molecule has 32 heavy (non-hydrogen) atoms. The van der Waals surface area contributed by atoms with Gasteiger partial charge in [-0.3, -0.25) is 14.6 Å². The number of nitrogens with zero attached hydrogens (tertiary/aromatic N) is 1. The molecule has 168 valence electrons. The fourth-order valence-electron chi connectivity index (χ4n) is 3.25. The molecule has 1 unspecified atom stereocenters. The van der Waals surface area contributed by atoms with Gasteiger partial charge in [-0.2, -0.15) is 0 Å². The Bertz CT molecular complexity index is 1040. The lowest BCUT2D eigenvalue weighted by Crippen LogP contribution is -2.40. The highest BCUT2D eigenvalue weighted by Gasteiger charge is 2.17. The van der Waals surface area contributed by atoms with Gasteiger partial charge >= 0.3 is 0 Å². The van der Waals surface area contributed by atoms with Crippen LogP contribution in [-0.4, -0.2) is 36.7 Å². The number of hydrogen-bond donors (Lipinski definition) is 3. The molecule has 1 aliphatic rings. The zero-order valence-corrected chi connectivity index (χ0v) is 18.5. The van der Waals surface area contributed by atoms with Crippen molar-refractivity contribution >= 4 is 52.5 Å². The first-order chi connectivity index (χ1) is 15.3. The Morgan fingerprint density at radius 2 is 1.84 bits per heavy atom. The maximum atomic E-state index is 12.5. The van der Waals surface area contributed by atoms with Crippen LogP contribution in [0, 0.1) is 0 Å². The predicted molar refractivity (Wildman–Crippen MR) is 121 cm³/mol. The molecule has 0 fully saturated rings. The summed E-state index contributed by atoms with van der Waals surface area (Å²) < 4.78 is 0. The zero-order chi connectivity index (χ0) is 23.1. The van der Waals surface area contributed by atoms with E-state index < -0.39 is 30.2 Å². The number of carboxylic acids is 1. The summed E-state index contributed by atoms with van der Waals surface area (Å²) in [6.07, 6.45) is 1.38. The van der Waals surface area contributed by atoms with E-state index in [-0.39, 0.29) is 6.54 Å². The highest BCUT2D eigenvalue weighted by atomic mass is 35.5. The molecule has 0 aliphatic carbocycles. The fraction of sp³-hybridized carbons (Fsp3) is 0.273. The van der Waals surface area contributed by atoms with Crippen molar-refractivity contribution in [2.75, 3.05) is 18.4 Å². The number of nitrogens with one attached hydrogen (secondary N) is 3. The van der Waals surface area contributed by atoms with E-state index in [4.69, 9.17) is 23.2 Å². The van der Waals surface area contributed by atoms with Gasteiger partial charge in [0, 0.05) is 46.7 Å². The number of rotatable bonds is 8. The van der Waals surface area contributed by atoms with Gasteiger partial charge in [0.15, 0.2) is 0 Å². The van der Waals surface area contributed by atoms with E-state index in [0.717, 1.165) is 30.9 Å². The summed E-state index contributed by atoms with van der Waals surface area (Å²) in [5.41, 5.74) is 1.52. The number of carboxylic acid groups (broad SMARTS) is 1. The van der Waals surface area contributed by atoms with E-state index in [9.17, 15) is 19.5 Å². The first-order valence-corrected chi connectivity index (χ1v) is 10.7. The number of carbonyl (C=O) groups is 3. The molecular formula is C22H21Cl2N4O4-. The molecule has 10 heteroatoms. The molecule has 3 N–H and O–H groups in total. The number of carbonyl (C=O) groups excluding carboxylic acids is 3. The Morgan fingerprint density at radius 3 is 2.50 bits per heavy atom. The third kappa shape index (κ3) is 6.96. The lowest BCUT2D eigenvalue weighted by Gasteiger charge is -2.20. The summed E-state index contributed by atoms with van der Waals surface area (Å²) in [6, 6.07) is 10.4. The highest BCUT2D eigenvalue weighted by molar-refractivity contribution is 6.34. The van der Waals surface area contributed by atoms with Gasteiger partial charge in [-0.1, -0.05) is 29.3 Å². The molecule has 0 saturated heterocycles. The van der Waals surface area contributed by atoms with E-state index >= 15 is 0 Å². The average Bonchev–Trinajstić information content (AvgIpc) is 3.23. The molecular weight excluding hydrogens is 455 g/mol. The normalized spacial score (nSPS) is 13.8. The van der Waals surface area contributed by atoms with Crippen molar-refractivity contribution in [3.63, 3.8) is 0 Å². The van der Waals surface area contributed by atoms with Crippen molar-refractivity contribution in [3.05, 3.63) is 63.6 Å². The van der Waals surface area contributed by atoms with Gasteiger partial charge in [-0.15, -0.1) is 0 Å². The molecule has 2 amide bonds. The quantitative estimate of drug-likeness (QED) is 0.540. The SMILES string of the molecule is O=C([O-])CC(NC(=O)CNC(=O)c1cccc(NC2=NCCC2)c1)c1cc(Cl)cc(Cl)c1. The number of benzene rings is 2. The van der Waals surface area contributed by atoms with Crippen LogP contribution in [0.3, 0.4) is 0 Å². The Hall–Kier alpha value is -3.10. The topological polar surface area (TPSA) is 123 Å². The molecule has 0 saturated carbocycles.